The van der Waals surface area contributed by atoms with E-state index in [0.29, 0.717) is 17.3 Å². The molecule has 1 saturated heterocycles. The largest absolute Gasteiger partial charge is 0.453 e. The Morgan fingerprint density at radius 3 is 2.28 bits per heavy atom. The Hall–Kier alpha value is -4.12. The van der Waals surface area contributed by atoms with Crippen molar-refractivity contribution in [1.82, 2.24) is 15.6 Å². The number of methoxy groups -OCH3 is 1. The second kappa shape index (κ2) is 15.9. The zero-order valence-electron chi connectivity index (χ0n) is 26.7. The minimum atomic E-state index is -0.938. The summed E-state index contributed by atoms with van der Waals surface area (Å²) in [6.07, 6.45) is 0.802. The number of thioether (sulfide) groups is 1. The lowest BCUT2D eigenvalue weighted by Crippen LogP contribution is -2.52. The fourth-order valence-corrected chi connectivity index (χ4v) is 6.71. The number of carbonyl (C=O) groups is 2. The molecule has 1 fully saturated rings. The van der Waals surface area contributed by atoms with Crippen molar-refractivity contribution < 1.29 is 23.5 Å². The van der Waals surface area contributed by atoms with Crippen LogP contribution in [-0.2, 0) is 20.7 Å². The average molecular weight is 643 g/mol. The van der Waals surface area contributed by atoms with Gasteiger partial charge in [0.15, 0.2) is 0 Å². The fraction of sp³-hybridized carbons (Fsp3) is 0.361. The van der Waals surface area contributed by atoms with Gasteiger partial charge in [0.2, 0.25) is 5.91 Å². The third kappa shape index (κ3) is 8.57. The number of ether oxygens (including phenoxy) is 2. The molecule has 2 heterocycles. The molecular weight excluding hydrogens is 600 g/mol. The summed E-state index contributed by atoms with van der Waals surface area (Å²) in [5.74, 6) is 0.783. The summed E-state index contributed by atoms with van der Waals surface area (Å²) in [6.45, 7) is 6.75. The van der Waals surface area contributed by atoms with Crippen molar-refractivity contribution in [2.75, 3.05) is 24.7 Å². The van der Waals surface area contributed by atoms with Gasteiger partial charge in [-0.15, -0.1) is 0 Å². The summed E-state index contributed by atoms with van der Waals surface area (Å²) in [5, 5.41) is 10.2. The smallest absolute Gasteiger partial charge is 0.407 e. The van der Waals surface area contributed by atoms with Crippen molar-refractivity contribution in [2.24, 2.45) is 0 Å². The van der Waals surface area contributed by atoms with Crippen molar-refractivity contribution in [3.63, 3.8) is 0 Å². The number of nitrogens with one attached hydrogen (secondary N) is 3. The van der Waals surface area contributed by atoms with E-state index in [1.54, 1.807) is 11.8 Å². The number of para-hydroxylation sites is 1. The van der Waals surface area contributed by atoms with Crippen LogP contribution in [0.5, 0.6) is 0 Å². The van der Waals surface area contributed by atoms with E-state index in [2.05, 4.69) is 27.9 Å². The van der Waals surface area contributed by atoms with Crippen LogP contribution in [0, 0.1) is 13.8 Å². The fourth-order valence-electron chi connectivity index (χ4n) is 5.65. The number of morpholine rings is 1. The highest BCUT2D eigenvalue weighted by molar-refractivity contribution is 7.99. The number of benzene rings is 3. The van der Waals surface area contributed by atoms with Crippen LogP contribution in [0.4, 0.5) is 10.5 Å². The molecule has 0 aliphatic carbocycles. The summed E-state index contributed by atoms with van der Waals surface area (Å²) in [4.78, 5) is 31.1. The minimum absolute atomic E-state index is 0.00395. The Morgan fingerprint density at radius 2 is 1.65 bits per heavy atom. The molecule has 3 aromatic carbocycles. The Morgan fingerprint density at radius 1 is 1.00 bits per heavy atom. The van der Waals surface area contributed by atoms with Gasteiger partial charge in [0, 0.05) is 29.9 Å². The van der Waals surface area contributed by atoms with Gasteiger partial charge in [0.25, 0.3) is 5.22 Å². The summed E-state index contributed by atoms with van der Waals surface area (Å²) in [5.41, 5.74) is 4.39. The Balaban J connectivity index is 1.28. The van der Waals surface area contributed by atoms with E-state index in [1.807, 2.05) is 98.8 Å². The standard InChI is InChI=1S/C36H42N4O5S/c1-23-25(3)44-36(38-23)46-22-31-24(2)37-21-29(45-31)20-19-26-13-11-12-18-30(26)39-34(41)33(40-35(42)43-4)32(27-14-7-5-8-15-27)28-16-9-6-10-17-28/h5-18,24,29,31-33,37H,19-22H2,1-4H3,(H,39,41)(H,40,42)/t24-,29-,31-,33?/m1/s1. The molecule has 0 bridgehead atoms. The van der Waals surface area contributed by atoms with Crippen molar-refractivity contribution in [1.29, 1.82) is 0 Å². The van der Waals surface area contributed by atoms with Crippen LogP contribution in [0.15, 0.2) is 94.6 Å². The highest BCUT2D eigenvalue weighted by atomic mass is 32.2. The minimum Gasteiger partial charge on any atom is -0.453 e. The lowest BCUT2D eigenvalue weighted by molar-refractivity contribution is -0.118. The van der Waals surface area contributed by atoms with Gasteiger partial charge in [-0.1, -0.05) is 90.6 Å². The molecule has 1 aliphatic rings. The maximum atomic E-state index is 14.1. The van der Waals surface area contributed by atoms with Gasteiger partial charge < -0.3 is 29.8 Å². The molecule has 0 saturated carbocycles. The number of aromatic nitrogens is 1. The number of carbonyl (C=O) groups excluding carboxylic acids is 2. The molecule has 0 spiro atoms. The highest BCUT2D eigenvalue weighted by Crippen LogP contribution is 2.30. The second-order valence-corrected chi connectivity index (χ2v) is 12.5. The van der Waals surface area contributed by atoms with Gasteiger partial charge in [-0.05, 0) is 56.4 Å². The number of alkyl carbamates (subject to hydrolysis) is 1. The van der Waals surface area contributed by atoms with E-state index in [1.165, 1.54) is 7.11 Å². The predicted octanol–water partition coefficient (Wildman–Crippen LogP) is 6.26. The molecule has 1 unspecified atom stereocenters. The van der Waals surface area contributed by atoms with Crippen LogP contribution in [0.25, 0.3) is 0 Å². The lowest BCUT2D eigenvalue weighted by atomic mass is 9.84. The van der Waals surface area contributed by atoms with Crippen molar-refractivity contribution >= 4 is 29.4 Å². The molecule has 4 atom stereocenters. The molecule has 1 aliphatic heterocycles. The first-order valence-corrected chi connectivity index (χ1v) is 16.6. The number of nitrogens with zero attached hydrogens (tertiary/aromatic N) is 1. The number of aryl methyl sites for hydroxylation is 3. The molecule has 1 aromatic heterocycles. The zero-order chi connectivity index (χ0) is 32.5. The number of rotatable bonds is 12. The van der Waals surface area contributed by atoms with Gasteiger partial charge in [-0.25, -0.2) is 9.78 Å². The molecule has 4 aromatic rings. The van der Waals surface area contributed by atoms with Crippen molar-refractivity contribution in [3.05, 3.63) is 113 Å². The van der Waals surface area contributed by atoms with Crippen LogP contribution in [0.2, 0.25) is 0 Å². The van der Waals surface area contributed by atoms with Gasteiger partial charge in [0.1, 0.15) is 11.8 Å². The molecule has 3 N–H and O–H groups in total. The SMILES string of the molecule is COC(=O)NC(C(=O)Nc1ccccc1CC[C@@H]1CN[C@H](C)[C@@H](CSc2nc(C)c(C)o2)O1)C(c1ccccc1)c1ccccc1. The monoisotopic (exact) mass is 642 g/mol. The third-order valence-electron chi connectivity index (χ3n) is 8.38. The number of amides is 2. The molecule has 9 nitrogen and oxygen atoms in total. The molecule has 46 heavy (non-hydrogen) atoms. The number of hydrogen-bond acceptors (Lipinski definition) is 8. The lowest BCUT2D eigenvalue weighted by Gasteiger charge is -2.35. The van der Waals surface area contributed by atoms with Crippen molar-refractivity contribution in [3.8, 4) is 0 Å². The predicted molar refractivity (Wildman–Crippen MR) is 180 cm³/mol. The van der Waals surface area contributed by atoms with E-state index in [4.69, 9.17) is 13.9 Å². The van der Waals surface area contributed by atoms with E-state index in [9.17, 15) is 9.59 Å². The number of hydrogen-bond donors (Lipinski definition) is 3. The van der Waals surface area contributed by atoms with Crippen LogP contribution in [-0.4, -0.2) is 60.7 Å². The normalized spacial score (nSPS) is 18.6. The second-order valence-electron chi connectivity index (χ2n) is 11.5. The summed E-state index contributed by atoms with van der Waals surface area (Å²) >= 11 is 1.57. The maximum Gasteiger partial charge on any atom is 0.407 e. The van der Waals surface area contributed by atoms with Crippen LogP contribution in [0.3, 0.4) is 0 Å². The first-order chi connectivity index (χ1) is 22.3. The first kappa shape index (κ1) is 33.2. The average Bonchev–Trinajstić information content (AvgIpc) is 3.41. The Bertz CT molecular complexity index is 1520. The quantitative estimate of drug-likeness (QED) is 0.155. The highest BCUT2D eigenvalue weighted by Gasteiger charge is 2.33. The number of oxazole rings is 1. The molecule has 5 rings (SSSR count). The van der Waals surface area contributed by atoms with Gasteiger partial charge >= 0.3 is 6.09 Å². The van der Waals surface area contributed by atoms with Gasteiger partial charge in [0.05, 0.1) is 25.0 Å². The maximum absolute atomic E-state index is 14.1. The molecule has 242 valence electrons. The van der Waals surface area contributed by atoms with Crippen molar-refractivity contribution in [2.45, 2.75) is 69.0 Å². The van der Waals surface area contributed by atoms with Crippen LogP contribution >= 0.6 is 11.8 Å². The Labute approximate surface area is 274 Å². The summed E-state index contributed by atoms with van der Waals surface area (Å²) in [6, 6.07) is 26.4. The van der Waals surface area contributed by atoms with Crippen LogP contribution in [0.1, 0.15) is 47.4 Å². The van der Waals surface area contributed by atoms with E-state index < -0.39 is 18.1 Å². The van der Waals surface area contributed by atoms with E-state index in [-0.39, 0.29) is 24.2 Å². The number of anilines is 1. The topological polar surface area (TPSA) is 115 Å². The third-order valence-corrected chi connectivity index (χ3v) is 9.29. The summed E-state index contributed by atoms with van der Waals surface area (Å²) in [7, 11) is 1.29. The summed E-state index contributed by atoms with van der Waals surface area (Å²) < 4.78 is 17.2. The molecule has 2 amide bonds. The first-order valence-electron chi connectivity index (χ1n) is 15.6. The molecule has 0 radical (unpaired) electrons. The van der Waals surface area contributed by atoms with Gasteiger partial charge in [-0.3, -0.25) is 4.79 Å². The molecular formula is C36H42N4O5S. The van der Waals surface area contributed by atoms with E-state index in [0.717, 1.165) is 46.9 Å². The van der Waals surface area contributed by atoms with E-state index >= 15 is 0 Å². The molecule has 10 heteroatoms. The zero-order valence-corrected chi connectivity index (χ0v) is 27.5. The Kier molecular flexibility index (Phi) is 11.5. The van der Waals surface area contributed by atoms with Gasteiger partial charge in [-0.2, -0.15) is 0 Å². The van der Waals surface area contributed by atoms with Crippen LogP contribution < -0.4 is 16.0 Å².